The summed E-state index contributed by atoms with van der Waals surface area (Å²) in [4.78, 5) is 11.8. The standard InChI is InChI=1S/C12H13FO4/c1-15-10-4-2-3-8(12(10)13)9(14)7-11-16-5-6-17-11/h2-4,11H,5-7H2,1H3. The number of Topliss-reactive ketones (excluding diaryl/α,β-unsaturated/α-hetero) is 1. The summed E-state index contributed by atoms with van der Waals surface area (Å²) in [5.74, 6) is -0.935. The molecule has 1 fully saturated rings. The van der Waals surface area contributed by atoms with Gasteiger partial charge in [0.1, 0.15) is 0 Å². The normalized spacial score (nSPS) is 16.1. The van der Waals surface area contributed by atoms with Gasteiger partial charge < -0.3 is 14.2 Å². The van der Waals surface area contributed by atoms with Crippen molar-refractivity contribution in [3.8, 4) is 5.75 Å². The van der Waals surface area contributed by atoms with Gasteiger partial charge in [0.05, 0.1) is 32.3 Å². The van der Waals surface area contributed by atoms with E-state index in [0.29, 0.717) is 13.2 Å². The molecule has 0 amide bonds. The number of carbonyl (C=O) groups excluding carboxylic acids is 1. The van der Waals surface area contributed by atoms with Gasteiger partial charge in [0, 0.05) is 0 Å². The minimum Gasteiger partial charge on any atom is -0.494 e. The molecule has 5 heteroatoms. The second kappa shape index (κ2) is 5.25. The van der Waals surface area contributed by atoms with Crippen molar-refractivity contribution in [2.45, 2.75) is 12.7 Å². The highest BCUT2D eigenvalue weighted by Crippen LogP contribution is 2.22. The summed E-state index contributed by atoms with van der Waals surface area (Å²) in [5.41, 5.74) is 0.00319. The summed E-state index contributed by atoms with van der Waals surface area (Å²) in [6, 6.07) is 4.47. The van der Waals surface area contributed by atoms with E-state index in [1.54, 1.807) is 6.07 Å². The summed E-state index contributed by atoms with van der Waals surface area (Å²) in [6.07, 6.45) is -0.544. The van der Waals surface area contributed by atoms with Gasteiger partial charge in [-0.05, 0) is 12.1 Å². The average Bonchev–Trinajstić information content (AvgIpc) is 2.82. The van der Waals surface area contributed by atoms with E-state index in [1.165, 1.54) is 19.2 Å². The zero-order chi connectivity index (χ0) is 12.3. The van der Waals surface area contributed by atoms with Crippen LogP contribution in [0.15, 0.2) is 18.2 Å². The molecular formula is C12H13FO4. The second-order valence-corrected chi connectivity index (χ2v) is 3.62. The number of carbonyl (C=O) groups is 1. The van der Waals surface area contributed by atoms with Crippen molar-refractivity contribution in [1.29, 1.82) is 0 Å². The molecule has 0 saturated carbocycles. The van der Waals surface area contributed by atoms with E-state index < -0.39 is 12.1 Å². The topological polar surface area (TPSA) is 44.8 Å². The summed E-state index contributed by atoms with van der Waals surface area (Å²) < 4.78 is 28.9. The fourth-order valence-corrected chi connectivity index (χ4v) is 1.67. The van der Waals surface area contributed by atoms with Crippen LogP contribution < -0.4 is 4.74 Å². The van der Waals surface area contributed by atoms with Crippen molar-refractivity contribution >= 4 is 5.78 Å². The molecule has 1 aliphatic heterocycles. The molecule has 0 radical (unpaired) electrons. The Balaban J connectivity index is 2.12. The highest BCUT2D eigenvalue weighted by atomic mass is 19.1. The molecule has 1 aromatic carbocycles. The first kappa shape index (κ1) is 12.0. The van der Waals surface area contributed by atoms with E-state index in [4.69, 9.17) is 14.2 Å². The van der Waals surface area contributed by atoms with Gasteiger partial charge in [-0.2, -0.15) is 0 Å². The summed E-state index contributed by atoms with van der Waals surface area (Å²) in [7, 11) is 1.36. The zero-order valence-corrected chi connectivity index (χ0v) is 9.44. The number of methoxy groups -OCH3 is 1. The Kier molecular flexibility index (Phi) is 3.71. The van der Waals surface area contributed by atoms with Crippen LogP contribution in [0.1, 0.15) is 16.8 Å². The Morgan fingerprint density at radius 1 is 1.47 bits per heavy atom. The van der Waals surface area contributed by atoms with Crippen LogP contribution in [0.3, 0.4) is 0 Å². The maximum Gasteiger partial charge on any atom is 0.175 e. The van der Waals surface area contributed by atoms with Gasteiger partial charge in [0.2, 0.25) is 0 Å². The molecule has 1 heterocycles. The minimum atomic E-state index is -0.641. The molecule has 0 aromatic heterocycles. The first-order chi connectivity index (χ1) is 8.22. The van der Waals surface area contributed by atoms with Crippen LogP contribution in [0.25, 0.3) is 0 Å². The number of ether oxygens (including phenoxy) is 3. The van der Waals surface area contributed by atoms with Gasteiger partial charge in [0.25, 0.3) is 0 Å². The van der Waals surface area contributed by atoms with E-state index in [9.17, 15) is 9.18 Å². The lowest BCUT2D eigenvalue weighted by molar-refractivity contribution is -0.0408. The van der Waals surface area contributed by atoms with Gasteiger partial charge in [0.15, 0.2) is 23.6 Å². The number of ketones is 1. The van der Waals surface area contributed by atoms with E-state index >= 15 is 0 Å². The molecule has 1 saturated heterocycles. The Morgan fingerprint density at radius 2 is 2.18 bits per heavy atom. The van der Waals surface area contributed by atoms with Crippen LogP contribution in [0.2, 0.25) is 0 Å². The summed E-state index contributed by atoms with van der Waals surface area (Å²) in [5, 5.41) is 0. The van der Waals surface area contributed by atoms with Crippen LogP contribution >= 0.6 is 0 Å². The molecule has 0 N–H and O–H groups in total. The van der Waals surface area contributed by atoms with Crippen molar-refractivity contribution in [2.24, 2.45) is 0 Å². The number of benzene rings is 1. The minimum absolute atomic E-state index is 0.00319. The zero-order valence-electron chi connectivity index (χ0n) is 9.44. The SMILES string of the molecule is COc1cccc(C(=O)CC2OCCO2)c1F. The fourth-order valence-electron chi connectivity index (χ4n) is 1.67. The van der Waals surface area contributed by atoms with E-state index in [1.807, 2.05) is 0 Å². The average molecular weight is 240 g/mol. The Hall–Kier alpha value is -1.46. The third-order valence-corrected chi connectivity index (χ3v) is 2.53. The molecule has 1 aliphatic rings. The maximum absolute atomic E-state index is 13.8. The number of hydrogen-bond donors (Lipinski definition) is 0. The van der Waals surface area contributed by atoms with Crippen molar-refractivity contribution in [1.82, 2.24) is 0 Å². The monoisotopic (exact) mass is 240 g/mol. The fraction of sp³-hybridized carbons (Fsp3) is 0.417. The van der Waals surface area contributed by atoms with Gasteiger partial charge in [-0.25, -0.2) is 4.39 Å². The molecule has 4 nitrogen and oxygen atoms in total. The lowest BCUT2D eigenvalue weighted by Gasteiger charge is -2.09. The van der Waals surface area contributed by atoms with Crippen LogP contribution in [-0.2, 0) is 9.47 Å². The molecule has 0 unspecified atom stereocenters. The molecule has 17 heavy (non-hydrogen) atoms. The molecule has 1 aromatic rings. The predicted molar refractivity (Wildman–Crippen MR) is 57.6 cm³/mol. The lowest BCUT2D eigenvalue weighted by atomic mass is 10.1. The predicted octanol–water partition coefficient (Wildman–Crippen LogP) is 1.78. The van der Waals surface area contributed by atoms with Crippen molar-refractivity contribution in [3.63, 3.8) is 0 Å². The second-order valence-electron chi connectivity index (χ2n) is 3.62. The number of halogens is 1. The molecule has 2 rings (SSSR count). The van der Waals surface area contributed by atoms with E-state index in [2.05, 4.69) is 0 Å². The van der Waals surface area contributed by atoms with Gasteiger partial charge in [-0.1, -0.05) is 6.07 Å². The number of rotatable bonds is 4. The molecule has 0 aliphatic carbocycles. The number of hydrogen-bond acceptors (Lipinski definition) is 4. The Morgan fingerprint density at radius 3 is 2.82 bits per heavy atom. The van der Waals surface area contributed by atoms with E-state index in [0.717, 1.165) is 0 Å². The summed E-state index contributed by atoms with van der Waals surface area (Å²) >= 11 is 0. The molecule has 92 valence electrons. The van der Waals surface area contributed by atoms with Crippen LogP contribution in [-0.4, -0.2) is 32.4 Å². The highest BCUT2D eigenvalue weighted by molar-refractivity contribution is 5.97. The highest BCUT2D eigenvalue weighted by Gasteiger charge is 2.23. The van der Waals surface area contributed by atoms with Gasteiger partial charge in [-0.3, -0.25) is 4.79 Å². The van der Waals surface area contributed by atoms with Gasteiger partial charge in [-0.15, -0.1) is 0 Å². The Bertz CT molecular complexity index is 413. The first-order valence-corrected chi connectivity index (χ1v) is 5.31. The maximum atomic E-state index is 13.8. The van der Waals surface area contributed by atoms with Gasteiger partial charge >= 0.3 is 0 Å². The quantitative estimate of drug-likeness (QED) is 0.752. The summed E-state index contributed by atoms with van der Waals surface area (Å²) in [6.45, 7) is 0.942. The smallest absolute Gasteiger partial charge is 0.175 e. The molecule has 0 spiro atoms. The third kappa shape index (κ3) is 2.62. The van der Waals surface area contributed by atoms with Crippen LogP contribution in [0, 0.1) is 5.82 Å². The Labute approximate surface area is 98.3 Å². The molecule has 0 bridgehead atoms. The molecule has 0 atom stereocenters. The third-order valence-electron chi connectivity index (χ3n) is 2.53. The van der Waals surface area contributed by atoms with Crippen molar-refractivity contribution in [2.75, 3.05) is 20.3 Å². The largest absolute Gasteiger partial charge is 0.494 e. The van der Waals surface area contributed by atoms with Crippen molar-refractivity contribution < 1.29 is 23.4 Å². The lowest BCUT2D eigenvalue weighted by Crippen LogP contribution is -2.15. The van der Waals surface area contributed by atoms with Crippen LogP contribution in [0.5, 0.6) is 5.75 Å². The molecular weight excluding hydrogens is 227 g/mol. The van der Waals surface area contributed by atoms with Crippen molar-refractivity contribution in [3.05, 3.63) is 29.6 Å². The van der Waals surface area contributed by atoms with Crippen LogP contribution in [0.4, 0.5) is 4.39 Å². The van der Waals surface area contributed by atoms with E-state index in [-0.39, 0.29) is 23.5 Å². The first-order valence-electron chi connectivity index (χ1n) is 5.31.